The van der Waals surface area contributed by atoms with E-state index in [4.69, 9.17) is 21.7 Å². The van der Waals surface area contributed by atoms with Crippen molar-refractivity contribution in [2.45, 2.75) is 26.7 Å². The van der Waals surface area contributed by atoms with E-state index in [1.54, 1.807) is 0 Å². The number of anilines is 1. The number of aryl methyl sites for hydroxylation is 1. The number of rotatable bonds is 7. The van der Waals surface area contributed by atoms with Gasteiger partial charge in [0.1, 0.15) is 11.5 Å². The predicted molar refractivity (Wildman–Crippen MR) is 115 cm³/mol. The van der Waals surface area contributed by atoms with Gasteiger partial charge in [-0.25, -0.2) is 0 Å². The van der Waals surface area contributed by atoms with Crippen molar-refractivity contribution >= 4 is 34.6 Å². The van der Waals surface area contributed by atoms with Crippen LogP contribution in [0.4, 0.5) is 11.4 Å². The van der Waals surface area contributed by atoms with Crippen LogP contribution in [0, 0.1) is 17.0 Å². The lowest BCUT2D eigenvalue weighted by molar-refractivity contribution is -0.384. The topological polar surface area (TPSA) is 103 Å². The Labute approximate surface area is 174 Å². The highest BCUT2D eigenvalue weighted by Gasteiger charge is 2.13. The molecule has 0 saturated heterocycles. The Morgan fingerprint density at radius 3 is 2.55 bits per heavy atom. The van der Waals surface area contributed by atoms with E-state index in [1.807, 2.05) is 25.1 Å². The van der Waals surface area contributed by atoms with Crippen molar-refractivity contribution in [3.05, 3.63) is 57.6 Å². The number of nitrogens with one attached hydrogen (secondary N) is 2. The quantitative estimate of drug-likeness (QED) is 0.400. The van der Waals surface area contributed by atoms with Gasteiger partial charge >= 0.3 is 0 Å². The Bertz CT molecular complexity index is 930. The van der Waals surface area contributed by atoms with E-state index in [2.05, 4.69) is 24.5 Å². The molecule has 0 heterocycles. The first-order valence-electron chi connectivity index (χ1n) is 8.88. The van der Waals surface area contributed by atoms with Gasteiger partial charge < -0.3 is 14.8 Å². The van der Waals surface area contributed by atoms with Crippen molar-refractivity contribution in [3.63, 3.8) is 0 Å². The summed E-state index contributed by atoms with van der Waals surface area (Å²) in [5, 5.41) is 16.1. The fourth-order valence-electron chi connectivity index (χ4n) is 2.75. The van der Waals surface area contributed by atoms with Crippen molar-refractivity contribution in [3.8, 4) is 11.5 Å². The Hall–Kier alpha value is -3.20. The van der Waals surface area contributed by atoms with E-state index in [9.17, 15) is 14.9 Å². The Balaban J connectivity index is 1.92. The molecule has 2 aromatic rings. The molecule has 2 aromatic carbocycles. The number of non-ortho nitro benzene ring substituents is 1. The third-order valence-corrected chi connectivity index (χ3v) is 4.33. The van der Waals surface area contributed by atoms with Gasteiger partial charge in [-0.1, -0.05) is 19.9 Å². The number of methoxy groups -OCH3 is 1. The second-order valence-electron chi connectivity index (χ2n) is 6.61. The average molecular weight is 417 g/mol. The summed E-state index contributed by atoms with van der Waals surface area (Å²) in [6, 6.07) is 9.72. The second kappa shape index (κ2) is 9.83. The van der Waals surface area contributed by atoms with Crippen LogP contribution in [0.25, 0.3) is 0 Å². The summed E-state index contributed by atoms with van der Waals surface area (Å²) < 4.78 is 10.6. The highest BCUT2D eigenvalue weighted by molar-refractivity contribution is 7.80. The maximum Gasteiger partial charge on any atom is 0.273 e. The maximum absolute atomic E-state index is 12.1. The zero-order valence-electron chi connectivity index (χ0n) is 16.6. The molecule has 0 aliphatic heterocycles. The van der Waals surface area contributed by atoms with Crippen molar-refractivity contribution in [2.75, 3.05) is 19.0 Å². The average Bonchev–Trinajstić information content (AvgIpc) is 2.66. The standard InChI is InChI=1S/C20H23N3O5S/c1-12(2)16-7-6-15(9-13(16)3)28-11-19(24)22-20(29)21-17-8-5-14(23(25)26)10-18(17)27-4/h5-10,12H,11H2,1-4H3,(H2,21,22,24,29). The predicted octanol–water partition coefficient (Wildman–Crippen LogP) is 3.93. The maximum atomic E-state index is 12.1. The minimum atomic E-state index is -0.529. The molecule has 0 unspecified atom stereocenters. The summed E-state index contributed by atoms with van der Waals surface area (Å²) in [6.45, 7) is 6.02. The number of nitro groups is 1. The third kappa shape index (κ3) is 6.15. The summed E-state index contributed by atoms with van der Waals surface area (Å²) >= 11 is 5.11. The van der Waals surface area contributed by atoms with Crippen LogP contribution in [0.5, 0.6) is 11.5 Å². The first-order chi connectivity index (χ1) is 13.7. The molecule has 29 heavy (non-hydrogen) atoms. The van der Waals surface area contributed by atoms with Gasteiger partial charge in [0, 0.05) is 6.07 Å². The van der Waals surface area contributed by atoms with Crippen LogP contribution in [0.1, 0.15) is 30.9 Å². The third-order valence-electron chi connectivity index (χ3n) is 4.13. The summed E-state index contributed by atoms with van der Waals surface area (Å²) in [7, 11) is 1.38. The minimum absolute atomic E-state index is 0.0251. The molecule has 9 heteroatoms. The van der Waals surface area contributed by atoms with E-state index < -0.39 is 10.8 Å². The van der Waals surface area contributed by atoms with Gasteiger partial charge in [-0.3, -0.25) is 20.2 Å². The molecule has 0 radical (unpaired) electrons. The van der Waals surface area contributed by atoms with E-state index in [0.717, 1.165) is 5.56 Å². The molecule has 0 aromatic heterocycles. The van der Waals surface area contributed by atoms with Crippen molar-refractivity contribution in [1.29, 1.82) is 0 Å². The molecule has 0 fully saturated rings. The van der Waals surface area contributed by atoms with Gasteiger partial charge in [0.25, 0.3) is 11.6 Å². The molecule has 0 spiro atoms. The van der Waals surface area contributed by atoms with Crippen LogP contribution >= 0.6 is 12.2 Å². The number of amides is 1. The van der Waals surface area contributed by atoms with Crippen LogP contribution < -0.4 is 20.1 Å². The summed E-state index contributed by atoms with van der Waals surface area (Å²) in [6.07, 6.45) is 0. The van der Waals surface area contributed by atoms with Gasteiger partial charge in [-0.15, -0.1) is 0 Å². The lowest BCUT2D eigenvalue weighted by atomic mass is 9.98. The number of carbonyl (C=O) groups is 1. The smallest absolute Gasteiger partial charge is 0.273 e. The van der Waals surface area contributed by atoms with Crippen LogP contribution in [0.3, 0.4) is 0 Å². The molecule has 8 nitrogen and oxygen atoms in total. The normalized spacial score (nSPS) is 10.4. The highest BCUT2D eigenvalue weighted by atomic mass is 32.1. The lowest BCUT2D eigenvalue weighted by Crippen LogP contribution is -2.37. The number of nitrogens with zero attached hydrogens (tertiary/aromatic N) is 1. The summed E-state index contributed by atoms with van der Waals surface area (Å²) in [4.78, 5) is 22.4. The van der Waals surface area contributed by atoms with Crippen LogP contribution in [0.2, 0.25) is 0 Å². The highest BCUT2D eigenvalue weighted by Crippen LogP contribution is 2.29. The molecule has 154 valence electrons. The number of hydrogen-bond donors (Lipinski definition) is 2. The van der Waals surface area contributed by atoms with Crippen LogP contribution in [-0.4, -0.2) is 29.7 Å². The Kier molecular flexibility index (Phi) is 7.49. The molecular formula is C20H23N3O5S. The van der Waals surface area contributed by atoms with E-state index in [0.29, 0.717) is 17.4 Å². The van der Waals surface area contributed by atoms with Gasteiger partial charge in [-0.2, -0.15) is 0 Å². The fourth-order valence-corrected chi connectivity index (χ4v) is 2.97. The van der Waals surface area contributed by atoms with Crippen molar-refractivity contribution in [2.24, 2.45) is 0 Å². The zero-order valence-corrected chi connectivity index (χ0v) is 17.5. The van der Waals surface area contributed by atoms with E-state index >= 15 is 0 Å². The van der Waals surface area contributed by atoms with Gasteiger partial charge in [0.2, 0.25) is 0 Å². The largest absolute Gasteiger partial charge is 0.494 e. The number of thiocarbonyl (C=S) groups is 1. The number of ether oxygens (including phenoxy) is 2. The Morgan fingerprint density at radius 1 is 1.24 bits per heavy atom. The fraction of sp³-hybridized carbons (Fsp3) is 0.300. The second-order valence-corrected chi connectivity index (χ2v) is 7.01. The zero-order chi connectivity index (χ0) is 21.6. The number of carbonyl (C=O) groups excluding carboxylic acids is 1. The molecule has 1 amide bonds. The van der Waals surface area contributed by atoms with E-state index in [-0.39, 0.29) is 23.2 Å². The van der Waals surface area contributed by atoms with Gasteiger partial charge in [0.05, 0.1) is 23.8 Å². The molecule has 0 aliphatic rings. The van der Waals surface area contributed by atoms with Crippen molar-refractivity contribution < 1.29 is 19.2 Å². The molecule has 0 saturated carbocycles. The number of hydrogen-bond acceptors (Lipinski definition) is 6. The minimum Gasteiger partial charge on any atom is -0.494 e. The van der Waals surface area contributed by atoms with Crippen molar-refractivity contribution in [1.82, 2.24) is 5.32 Å². The number of benzene rings is 2. The molecular weight excluding hydrogens is 394 g/mol. The van der Waals surface area contributed by atoms with E-state index in [1.165, 1.54) is 30.9 Å². The molecule has 0 aliphatic carbocycles. The van der Waals surface area contributed by atoms with Crippen LogP contribution in [0.15, 0.2) is 36.4 Å². The molecule has 2 rings (SSSR count). The van der Waals surface area contributed by atoms with Gasteiger partial charge in [-0.05, 0) is 54.4 Å². The summed E-state index contributed by atoms with van der Waals surface area (Å²) in [5.41, 5.74) is 2.60. The molecule has 0 atom stereocenters. The number of nitro benzene ring substituents is 1. The van der Waals surface area contributed by atoms with Gasteiger partial charge in [0.15, 0.2) is 11.7 Å². The Morgan fingerprint density at radius 2 is 1.97 bits per heavy atom. The molecule has 0 bridgehead atoms. The lowest BCUT2D eigenvalue weighted by Gasteiger charge is -2.14. The monoisotopic (exact) mass is 417 g/mol. The first kappa shape index (κ1) is 22.1. The van der Waals surface area contributed by atoms with Crippen LogP contribution in [-0.2, 0) is 4.79 Å². The summed E-state index contributed by atoms with van der Waals surface area (Å²) in [5.74, 6) is 0.798. The SMILES string of the molecule is COc1cc([N+](=O)[O-])ccc1NC(=S)NC(=O)COc1ccc(C(C)C)c(C)c1. The first-order valence-corrected chi connectivity index (χ1v) is 9.28. The molecule has 2 N–H and O–H groups in total.